The van der Waals surface area contributed by atoms with Gasteiger partial charge in [0.25, 0.3) is 0 Å². The molecule has 1 amide bonds. The smallest absolute Gasteiger partial charge is 0.410 e. The Morgan fingerprint density at radius 3 is 2.45 bits per heavy atom. The summed E-state index contributed by atoms with van der Waals surface area (Å²) in [5.41, 5.74) is 0.935. The molecule has 0 bridgehead atoms. The predicted molar refractivity (Wildman–Crippen MR) is 118 cm³/mol. The van der Waals surface area contributed by atoms with Gasteiger partial charge in [0.15, 0.2) is 5.78 Å². The molecule has 1 fully saturated rings. The number of hydrogen-bond donors (Lipinski definition) is 1. The molecule has 1 aliphatic heterocycles. The highest BCUT2D eigenvalue weighted by Gasteiger charge is 2.23. The molecular weight excluding hydrogens is 398 g/mol. The molecule has 8 heteroatoms. The van der Waals surface area contributed by atoms with Gasteiger partial charge < -0.3 is 24.3 Å². The molecule has 172 valence electrons. The Morgan fingerprint density at radius 1 is 1.16 bits per heavy atom. The number of amides is 1. The second-order valence-electron chi connectivity index (χ2n) is 8.50. The number of nitrogens with zero attached hydrogens (tertiary/aromatic N) is 2. The lowest BCUT2D eigenvalue weighted by molar-refractivity contribution is -0.116. The number of nitrogens with one attached hydrogen (secondary N) is 1. The summed E-state index contributed by atoms with van der Waals surface area (Å²) in [5.74, 6) is -0.287. The third kappa shape index (κ3) is 8.20. The summed E-state index contributed by atoms with van der Waals surface area (Å²) >= 11 is 0. The monoisotopic (exact) mass is 433 g/mol. The lowest BCUT2D eigenvalue weighted by Crippen LogP contribution is -2.48. The van der Waals surface area contributed by atoms with Gasteiger partial charge in [-0.25, -0.2) is 9.59 Å². The molecule has 1 saturated heterocycles. The fourth-order valence-electron chi connectivity index (χ4n) is 3.30. The minimum Gasteiger partial charge on any atom is -0.461 e. The van der Waals surface area contributed by atoms with Crippen molar-refractivity contribution in [1.82, 2.24) is 14.8 Å². The fraction of sp³-hybridized carbons (Fsp3) is 0.609. The van der Waals surface area contributed by atoms with E-state index in [4.69, 9.17) is 9.47 Å². The maximum Gasteiger partial charge on any atom is 0.410 e. The highest BCUT2D eigenvalue weighted by Crippen LogP contribution is 2.19. The number of Topliss-reactive ketones (excluding diaryl/α,β-unsaturated/α-hetero) is 1. The topological polar surface area (TPSA) is 89.9 Å². The molecule has 1 aromatic heterocycles. The first-order chi connectivity index (χ1) is 14.7. The van der Waals surface area contributed by atoms with E-state index in [9.17, 15) is 14.4 Å². The van der Waals surface area contributed by atoms with Gasteiger partial charge in [0.1, 0.15) is 11.3 Å². The Bertz CT molecular complexity index is 785. The largest absolute Gasteiger partial charge is 0.461 e. The Balaban J connectivity index is 0.000000233. The maximum absolute atomic E-state index is 12.0. The lowest BCUT2D eigenvalue weighted by atomic mass is 10.1. The zero-order valence-corrected chi connectivity index (χ0v) is 19.1. The van der Waals surface area contributed by atoms with Gasteiger partial charge in [0.05, 0.1) is 13.2 Å². The van der Waals surface area contributed by atoms with Crippen LogP contribution in [-0.2, 0) is 20.8 Å². The standard InChI is InChI=1S/C14H17NO3.C9H18N2O2/c1-2-18-14(17)12-8-5-9-15(12)10-13(16)11-6-3-4-7-11;1-9(2,3)13-8(12)11-6-4-10-5-7-11/h5-6,8-9H,2-4,7,10H2,1H3;10H,4-7H2,1-3H3. The summed E-state index contributed by atoms with van der Waals surface area (Å²) in [7, 11) is 0. The predicted octanol–water partition coefficient (Wildman–Crippen LogP) is 3.17. The normalized spacial score (nSPS) is 16.1. The van der Waals surface area contributed by atoms with Gasteiger partial charge in [-0.2, -0.15) is 0 Å². The van der Waals surface area contributed by atoms with Crippen molar-refractivity contribution in [3.63, 3.8) is 0 Å². The molecule has 1 aromatic rings. The van der Waals surface area contributed by atoms with E-state index in [1.165, 1.54) is 0 Å². The second-order valence-corrected chi connectivity index (χ2v) is 8.50. The Kier molecular flexibility index (Phi) is 9.30. The molecule has 0 aromatic carbocycles. The van der Waals surface area contributed by atoms with E-state index >= 15 is 0 Å². The van der Waals surface area contributed by atoms with Crippen LogP contribution in [0.2, 0.25) is 0 Å². The van der Waals surface area contributed by atoms with Crippen LogP contribution in [0.1, 0.15) is 57.4 Å². The highest BCUT2D eigenvalue weighted by atomic mass is 16.6. The molecule has 0 spiro atoms. The van der Waals surface area contributed by atoms with Crippen LogP contribution in [0, 0.1) is 0 Å². The van der Waals surface area contributed by atoms with Crippen molar-refractivity contribution >= 4 is 17.8 Å². The first-order valence-electron chi connectivity index (χ1n) is 10.9. The molecule has 31 heavy (non-hydrogen) atoms. The van der Waals surface area contributed by atoms with Gasteiger partial charge in [0.2, 0.25) is 0 Å². The van der Waals surface area contributed by atoms with Gasteiger partial charge in [-0.1, -0.05) is 6.08 Å². The highest BCUT2D eigenvalue weighted by molar-refractivity contribution is 5.96. The molecule has 0 atom stereocenters. The van der Waals surface area contributed by atoms with Crippen molar-refractivity contribution in [2.24, 2.45) is 0 Å². The van der Waals surface area contributed by atoms with Gasteiger partial charge in [0, 0.05) is 32.4 Å². The average molecular weight is 434 g/mol. The first-order valence-corrected chi connectivity index (χ1v) is 10.9. The van der Waals surface area contributed by atoms with Gasteiger partial charge >= 0.3 is 12.1 Å². The van der Waals surface area contributed by atoms with E-state index in [1.807, 2.05) is 26.8 Å². The van der Waals surface area contributed by atoms with Crippen molar-refractivity contribution in [3.05, 3.63) is 35.7 Å². The Hall–Kier alpha value is -2.61. The third-order valence-electron chi connectivity index (χ3n) is 4.80. The number of carbonyl (C=O) groups excluding carboxylic acids is 3. The van der Waals surface area contributed by atoms with Crippen LogP contribution in [0.3, 0.4) is 0 Å². The SMILES string of the molecule is CC(C)(C)OC(=O)N1CCNCC1.CCOC(=O)c1cccn1CC(=O)C1=CCCC1. The molecule has 2 heterocycles. The number of piperazine rings is 1. The van der Waals surface area contributed by atoms with Crippen molar-refractivity contribution in [3.8, 4) is 0 Å². The van der Waals surface area contributed by atoms with Crippen molar-refractivity contribution in [2.75, 3.05) is 32.8 Å². The van der Waals surface area contributed by atoms with E-state index in [0.717, 1.165) is 51.0 Å². The quantitative estimate of drug-likeness (QED) is 0.718. The molecule has 1 aliphatic carbocycles. The van der Waals surface area contributed by atoms with Crippen LogP contribution in [0.4, 0.5) is 4.79 Å². The van der Waals surface area contributed by atoms with Crippen molar-refractivity contribution < 1.29 is 23.9 Å². The van der Waals surface area contributed by atoms with Gasteiger partial charge in [-0.15, -0.1) is 0 Å². The molecule has 3 rings (SSSR count). The molecule has 0 unspecified atom stereocenters. The number of esters is 1. The number of ketones is 1. The van der Waals surface area contributed by atoms with Crippen LogP contribution in [0.25, 0.3) is 0 Å². The molecule has 1 N–H and O–H groups in total. The second kappa shape index (κ2) is 11.7. The number of ether oxygens (including phenoxy) is 2. The van der Waals surface area contributed by atoms with E-state index < -0.39 is 0 Å². The van der Waals surface area contributed by atoms with Crippen LogP contribution < -0.4 is 5.32 Å². The van der Waals surface area contributed by atoms with Crippen molar-refractivity contribution in [2.45, 2.75) is 59.1 Å². The molecular formula is C23H35N3O5. The summed E-state index contributed by atoms with van der Waals surface area (Å²) in [6.07, 6.45) is 6.42. The minimum absolute atomic E-state index is 0.0919. The van der Waals surface area contributed by atoms with E-state index in [-0.39, 0.29) is 30.0 Å². The zero-order valence-electron chi connectivity index (χ0n) is 19.1. The lowest BCUT2D eigenvalue weighted by Gasteiger charge is -2.30. The van der Waals surface area contributed by atoms with Gasteiger partial charge in [-0.05, 0) is 64.7 Å². The summed E-state index contributed by atoms with van der Waals surface area (Å²) in [4.78, 5) is 36.9. The minimum atomic E-state index is -0.387. The van der Waals surface area contributed by atoms with Crippen LogP contribution in [0.15, 0.2) is 30.0 Å². The van der Waals surface area contributed by atoms with Crippen LogP contribution in [0.5, 0.6) is 0 Å². The number of allylic oxidation sites excluding steroid dienone is 2. The van der Waals surface area contributed by atoms with Crippen LogP contribution >= 0.6 is 0 Å². The van der Waals surface area contributed by atoms with E-state index in [2.05, 4.69) is 5.32 Å². The summed E-state index contributed by atoms with van der Waals surface area (Å²) in [6.45, 7) is 11.2. The van der Waals surface area contributed by atoms with Crippen LogP contribution in [-0.4, -0.2) is 65.7 Å². The third-order valence-corrected chi connectivity index (χ3v) is 4.80. The number of carbonyl (C=O) groups is 3. The van der Waals surface area contributed by atoms with E-state index in [1.54, 1.807) is 34.7 Å². The number of rotatable bonds is 5. The Labute approximate surface area is 184 Å². The average Bonchev–Trinajstić information content (AvgIpc) is 3.40. The number of hydrogen-bond acceptors (Lipinski definition) is 6. The fourth-order valence-corrected chi connectivity index (χ4v) is 3.30. The number of aromatic nitrogens is 1. The molecule has 0 radical (unpaired) electrons. The summed E-state index contributed by atoms with van der Waals surface area (Å²) in [5, 5.41) is 3.18. The molecule has 0 saturated carbocycles. The summed E-state index contributed by atoms with van der Waals surface area (Å²) < 4.78 is 11.8. The first kappa shape index (κ1) is 24.7. The van der Waals surface area contributed by atoms with Gasteiger partial charge in [-0.3, -0.25) is 4.79 Å². The van der Waals surface area contributed by atoms with Crippen molar-refractivity contribution in [1.29, 1.82) is 0 Å². The molecule has 8 nitrogen and oxygen atoms in total. The molecule has 2 aliphatic rings. The van der Waals surface area contributed by atoms with E-state index in [0.29, 0.717) is 12.3 Å². The zero-order chi connectivity index (χ0) is 22.9. The maximum atomic E-state index is 12.0. The summed E-state index contributed by atoms with van der Waals surface area (Å²) in [6, 6.07) is 3.43. The Morgan fingerprint density at radius 2 is 1.87 bits per heavy atom.